The molecule has 21 heavy (non-hydrogen) atoms. The Morgan fingerprint density at radius 2 is 1.76 bits per heavy atom. The van der Waals surface area contributed by atoms with Gasteiger partial charge >= 0.3 is 0 Å². The molecule has 0 saturated carbocycles. The summed E-state index contributed by atoms with van der Waals surface area (Å²) in [6, 6.07) is 9.55. The maximum Gasteiger partial charge on any atom is 0.224 e. The summed E-state index contributed by atoms with van der Waals surface area (Å²) < 4.78 is 11.4. The van der Waals surface area contributed by atoms with Gasteiger partial charge in [0.1, 0.15) is 11.5 Å². The molecule has 0 aliphatic rings. The highest BCUT2D eigenvalue weighted by atomic mass is 35.5. The molecule has 0 bridgehead atoms. The minimum atomic E-state index is 0.381. The van der Waals surface area contributed by atoms with Gasteiger partial charge in [0.25, 0.3) is 0 Å². The molecule has 1 aromatic carbocycles. The number of pyridine rings is 1. The van der Waals surface area contributed by atoms with Crippen molar-refractivity contribution in [3.05, 3.63) is 47.2 Å². The van der Waals surface area contributed by atoms with Gasteiger partial charge in [0.15, 0.2) is 0 Å². The van der Waals surface area contributed by atoms with Crippen LogP contribution in [0.15, 0.2) is 30.3 Å². The quantitative estimate of drug-likeness (QED) is 0.702. The van der Waals surface area contributed by atoms with Gasteiger partial charge in [-0.2, -0.15) is 0 Å². The van der Waals surface area contributed by atoms with E-state index in [1.807, 2.05) is 44.2 Å². The topological polar surface area (TPSA) is 31.4 Å². The second-order valence-electron chi connectivity index (χ2n) is 4.92. The van der Waals surface area contributed by atoms with Crippen LogP contribution in [0.1, 0.15) is 30.2 Å². The lowest BCUT2D eigenvalue weighted by Crippen LogP contribution is -1.98. The first kappa shape index (κ1) is 15.6. The molecule has 0 atom stereocenters. The molecule has 0 unspecified atom stereocenters. The van der Waals surface area contributed by atoms with Crippen LogP contribution < -0.4 is 9.47 Å². The zero-order valence-electron chi connectivity index (χ0n) is 12.6. The maximum absolute atomic E-state index is 6.00. The SMILES string of the molecule is CCCOc1ccc(Oc2nc(C)cc(C)c2CCl)cc1. The lowest BCUT2D eigenvalue weighted by molar-refractivity contribution is 0.317. The first-order chi connectivity index (χ1) is 10.1. The average Bonchev–Trinajstić information content (AvgIpc) is 2.46. The Morgan fingerprint density at radius 3 is 2.38 bits per heavy atom. The van der Waals surface area contributed by atoms with Gasteiger partial charge < -0.3 is 9.47 Å². The standard InChI is InChI=1S/C17H20ClNO2/c1-4-9-20-14-5-7-15(8-6-14)21-17-16(11-18)12(2)10-13(3)19-17/h5-8,10H,4,9,11H2,1-3H3. The van der Waals surface area contributed by atoms with E-state index in [1.54, 1.807) is 0 Å². The lowest BCUT2D eigenvalue weighted by Gasteiger charge is -2.12. The average molecular weight is 306 g/mol. The molecule has 2 rings (SSSR count). The number of ether oxygens (including phenoxy) is 2. The first-order valence-electron chi connectivity index (χ1n) is 7.07. The monoisotopic (exact) mass is 305 g/mol. The zero-order valence-corrected chi connectivity index (χ0v) is 13.4. The van der Waals surface area contributed by atoms with E-state index in [0.29, 0.717) is 11.8 Å². The fraction of sp³-hybridized carbons (Fsp3) is 0.353. The summed E-state index contributed by atoms with van der Waals surface area (Å²) in [5.74, 6) is 2.52. The Bertz CT molecular complexity index is 596. The molecule has 0 aliphatic carbocycles. The minimum Gasteiger partial charge on any atom is -0.494 e. The number of benzene rings is 1. The molecule has 0 radical (unpaired) electrons. The highest BCUT2D eigenvalue weighted by Crippen LogP contribution is 2.28. The second-order valence-corrected chi connectivity index (χ2v) is 5.19. The summed E-state index contributed by atoms with van der Waals surface area (Å²) in [6.07, 6.45) is 0.990. The number of hydrogen-bond donors (Lipinski definition) is 0. The Hall–Kier alpha value is -1.74. The molecular weight excluding hydrogens is 286 g/mol. The van der Waals surface area contributed by atoms with Crippen molar-refractivity contribution in [2.45, 2.75) is 33.1 Å². The third-order valence-corrected chi connectivity index (χ3v) is 3.35. The van der Waals surface area contributed by atoms with Crippen molar-refractivity contribution in [2.24, 2.45) is 0 Å². The van der Waals surface area contributed by atoms with E-state index in [-0.39, 0.29) is 0 Å². The fourth-order valence-corrected chi connectivity index (χ4v) is 2.34. The van der Waals surface area contributed by atoms with Crippen molar-refractivity contribution in [2.75, 3.05) is 6.61 Å². The molecule has 2 aromatic rings. The smallest absolute Gasteiger partial charge is 0.224 e. The fourth-order valence-electron chi connectivity index (χ4n) is 2.01. The highest BCUT2D eigenvalue weighted by molar-refractivity contribution is 6.17. The summed E-state index contributed by atoms with van der Waals surface area (Å²) in [4.78, 5) is 4.43. The van der Waals surface area contributed by atoms with Crippen LogP contribution >= 0.6 is 11.6 Å². The zero-order chi connectivity index (χ0) is 15.2. The molecule has 0 saturated heterocycles. The van der Waals surface area contributed by atoms with Gasteiger partial charge in [0.2, 0.25) is 5.88 Å². The van der Waals surface area contributed by atoms with Crippen LogP contribution in [0.3, 0.4) is 0 Å². The Labute approximate surface area is 130 Å². The summed E-state index contributed by atoms with van der Waals surface area (Å²) in [5.41, 5.74) is 2.93. The maximum atomic E-state index is 6.00. The molecule has 4 heteroatoms. The van der Waals surface area contributed by atoms with E-state index in [1.165, 1.54) is 0 Å². The van der Waals surface area contributed by atoms with Crippen LogP contribution in [0, 0.1) is 13.8 Å². The van der Waals surface area contributed by atoms with E-state index in [0.717, 1.165) is 41.3 Å². The van der Waals surface area contributed by atoms with Crippen LogP contribution in [0.4, 0.5) is 0 Å². The van der Waals surface area contributed by atoms with E-state index < -0.39 is 0 Å². The van der Waals surface area contributed by atoms with Crippen molar-refractivity contribution in [3.8, 4) is 17.4 Å². The predicted molar refractivity (Wildman–Crippen MR) is 85.6 cm³/mol. The minimum absolute atomic E-state index is 0.381. The van der Waals surface area contributed by atoms with Gasteiger partial charge in [0.05, 0.1) is 12.5 Å². The normalized spacial score (nSPS) is 10.5. The molecule has 0 amide bonds. The largest absolute Gasteiger partial charge is 0.494 e. The summed E-state index contributed by atoms with van der Waals surface area (Å²) in [6.45, 7) is 6.76. The summed E-state index contributed by atoms with van der Waals surface area (Å²) in [5, 5.41) is 0. The predicted octanol–water partition coefficient (Wildman–Crippen LogP) is 5.02. The first-order valence-corrected chi connectivity index (χ1v) is 7.61. The van der Waals surface area contributed by atoms with Crippen molar-refractivity contribution in [1.29, 1.82) is 0 Å². The van der Waals surface area contributed by atoms with Crippen LogP contribution in [-0.2, 0) is 5.88 Å². The molecule has 0 fully saturated rings. The van der Waals surface area contributed by atoms with Crippen molar-refractivity contribution < 1.29 is 9.47 Å². The number of alkyl halides is 1. The lowest BCUT2D eigenvalue weighted by atomic mass is 10.1. The second kappa shape index (κ2) is 7.32. The van der Waals surface area contributed by atoms with Gasteiger partial charge in [0, 0.05) is 11.3 Å². The molecule has 0 N–H and O–H groups in total. The van der Waals surface area contributed by atoms with Crippen LogP contribution in [0.25, 0.3) is 0 Å². The number of rotatable bonds is 6. The highest BCUT2D eigenvalue weighted by Gasteiger charge is 2.10. The van der Waals surface area contributed by atoms with Gasteiger partial charge in [-0.1, -0.05) is 6.92 Å². The van der Waals surface area contributed by atoms with Crippen LogP contribution in [0.2, 0.25) is 0 Å². The number of halogens is 1. The van der Waals surface area contributed by atoms with Crippen molar-refractivity contribution >= 4 is 11.6 Å². The van der Waals surface area contributed by atoms with Crippen molar-refractivity contribution in [3.63, 3.8) is 0 Å². The number of aryl methyl sites for hydroxylation is 2. The Morgan fingerprint density at radius 1 is 1.10 bits per heavy atom. The van der Waals surface area contributed by atoms with E-state index in [2.05, 4.69) is 11.9 Å². The molecule has 3 nitrogen and oxygen atoms in total. The van der Waals surface area contributed by atoms with Gasteiger partial charge in [-0.15, -0.1) is 11.6 Å². The Kier molecular flexibility index (Phi) is 5.45. The summed E-state index contributed by atoms with van der Waals surface area (Å²) in [7, 11) is 0. The van der Waals surface area contributed by atoms with Gasteiger partial charge in [-0.05, 0) is 56.2 Å². The molecule has 0 spiro atoms. The van der Waals surface area contributed by atoms with E-state index in [9.17, 15) is 0 Å². The molecule has 1 heterocycles. The Balaban J connectivity index is 2.18. The molecule has 1 aromatic heterocycles. The molecule has 112 valence electrons. The third kappa shape index (κ3) is 4.11. The summed E-state index contributed by atoms with van der Waals surface area (Å²) >= 11 is 6.00. The van der Waals surface area contributed by atoms with Crippen LogP contribution in [0.5, 0.6) is 17.4 Å². The van der Waals surface area contributed by atoms with Crippen LogP contribution in [-0.4, -0.2) is 11.6 Å². The number of nitrogens with zero attached hydrogens (tertiary/aromatic N) is 1. The van der Waals surface area contributed by atoms with E-state index in [4.69, 9.17) is 21.1 Å². The van der Waals surface area contributed by atoms with Gasteiger partial charge in [-0.3, -0.25) is 0 Å². The third-order valence-electron chi connectivity index (χ3n) is 3.08. The number of hydrogen-bond acceptors (Lipinski definition) is 3. The molecule has 0 aliphatic heterocycles. The van der Waals surface area contributed by atoms with Gasteiger partial charge in [-0.25, -0.2) is 4.98 Å². The number of aromatic nitrogens is 1. The molecular formula is C17H20ClNO2. The van der Waals surface area contributed by atoms with Crippen molar-refractivity contribution in [1.82, 2.24) is 4.98 Å². The van der Waals surface area contributed by atoms with E-state index >= 15 is 0 Å².